The summed E-state index contributed by atoms with van der Waals surface area (Å²) in [6.07, 6.45) is 3.17. The first-order chi connectivity index (χ1) is 7.72. The Bertz CT molecular complexity index is 353. The normalized spacial score (nSPS) is 11.7. The van der Waals surface area contributed by atoms with Gasteiger partial charge in [-0.05, 0) is 26.0 Å². The molecule has 1 aromatic heterocycles. The van der Waals surface area contributed by atoms with Crippen LogP contribution in [-0.4, -0.2) is 27.6 Å². The molecule has 1 heterocycles. The van der Waals surface area contributed by atoms with E-state index in [-0.39, 0.29) is 5.84 Å². The SMILES string of the molecule is Cc1nccc(CNCCCC(N)=NO)n1. The first-order valence-corrected chi connectivity index (χ1v) is 5.18. The van der Waals surface area contributed by atoms with Crippen molar-refractivity contribution in [2.45, 2.75) is 26.3 Å². The van der Waals surface area contributed by atoms with E-state index < -0.39 is 0 Å². The van der Waals surface area contributed by atoms with E-state index in [4.69, 9.17) is 10.9 Å². The Morgan fingerprint density at radius 3 is 3.12 bits per heavy atom. The number of nitrogens with two attached hydrogens (primary N) is 1. The van der Waals surface area contributed by atoms with E-state index in [0.29, 0.717) is 13.0 Å². The summed E-state index contributed by atoms with van der Waals surface area (Å²) < 4.78 is 0. The van der Waals surface area contributed by atoms with Gasteiger partial charge in [0.05, 0.1) is 5.69 Å². The maximum Gasteiger partial charge on any atom is 0.139 e. The van der Waals surface area contributed by atoms with E-state index in [1.807, 2.05) is 13.0 Å². The summed E-state index contributed by atoms with van der Waals surface area (Å²) in [6, 6.07) is 1.88. The van der Waals surface area contributed by atoms with Crippen LogP contribution in [0.4, 0.5) is 0 Å². The molecule has 0 fully saturated rings. The zero-order valence-corrected chi connectivity index (χ0v) is 9.35. The number of amidine groups is 1. The molecule has 0 aliphatic carbocycles. The summed E-state index contributed by atoms with van der Waals surface area (Å²) in [6.45, 7) is 3.38. The van der Waals surface area contributed by atoms with Gasteiger partial charge in [-0.2, -0.15) is 0 Å². The monoisotopic (exact) mass is 223 g/mol. The second kappa shape index (κ2) is 6.73. The lowest BCUT2D eigenvalue weighted by Crippen LogP contribution is -2.19. The largest absolute Gasteiger partial charge is 0.409 e. The van der Waals surface area contributed by atoms with Crippen LogP contribution in [0.25, 0.3) is 0 Å². The van der Waals surface area contributed by atoms with E-state index in [9.17, 15) is 0 Å². The molecule has 0 unspecified atom stereocenters. The molecular weight excluding hydrogens is 206 g/mol. The fourth-order valence-electron chi connectivity index (χ4n) is 1.26. The Morgan fingerprint density at radius 1 is 1.62 bits per heavy atom. The molecule has 0 aliphatic rings. The van der Waals surface area contributed by atoms with Crippen molar-refractivity contribution in [1.29, 1.82) is 0 Å². The molecule has 88 valence electrons. The topological polar surface area (TPSA) is 96.4 Å². The molecule has 16 heavy (non-hydrogen) atoms. The first kappa shape index (κ1) is 12.4. The highest BCUT2D eigenvalue weighted by molar-refractivity contribution is 5.79. The molecule has 0 aliphatic heterocycles. The highest BCUT2D eigenvalue weighted by Crippen LogP contribution is 1.94. The fraction of sp³-hybridized carbons (Fsp3) is 0.500. The van der Waals surface area contributed by atoms with Gasteiger partial charge in [-0.25, -0.2) is 9.97 Å². The summed E-state index contributed by atoms with van der Waals surface area (Å²) in [4.78, 5) is 8.28. The summed E-state index contributed by atoms with van der Waals surface area (Å²) in [5, 5.41) is 14.5. The Morgan fingerprint density at radius 2 is 2.44 bits per heavy atom. The molecule has 0 atom stereocenters. The van der Waals surface area contributed by atoms with Crippen LogP contribution in [0.2, 0.25) is 0 Å². The zero-order valence-electron chi connectivity index (χ0n) is 9.35. The lowest BCUT2D eigenvalue weighted by atomic mass is 10.3. The van der Waals surface area contributed by atoms with Gasteiger partial charge in [0.25, 0.3) is 0 Å². The van der Waals surface area contributed by atoms with Gasteiger partial charge in [0, 0.05) is 19.2 Å². The van der Waals surface area contributed by atoms with Crippen LogP contribution in [0.3, 0.4) is 0 Å². The smallest absolute Gasteiger partial charge is 0.139 e. The Labute approximate surface area is 94.6 Å². The minimum absolute atomic E-state index is 0.264. The van der Waals surface area contributed by atoms with Gasteiger partial charge in [-0.1, -0.05) is 5.16 Å². The zero-order chi connectivity index (χ0) is 11.8. The van der Waals surface area contributed by atoms with Gasteiger partial charge in [0.1, 0.15) is 11.7 Å². The van der Waals surface area contributed by atoms with Gasteiger partial charge < -0.3 is 16.3 Å². The van der Waals surface area contributed by atoms with Crippen LogP contribution in [0, 0.1) is 6.92 Å². The van der Waals surface area contributed by atoms with E-state index in [1.54, 1.807) is 6.20 Å². The average molecular weight is 223 g/mol. The average Bonchev–Trinajstić information content (AvgIpc) is 2.28. The van der Waals surface area contributed by atoms with E-state index in [1.165, 1.54) is 0 Å². The van der Waals surface area contributed by atoms with Crippen LogP contribution in [0.5, 0.6) is 0 Å². The van der Waals surface area contributed by atoms with Crippen molar-refractivity contribution in [3.05, 3.63) is 23.8 Å². The van der Waals surface area contributed by atoms with Gasteiger partial charge in [-0.15, -0.1) is 0 Å². The summed E-state index contributed by atoms with van der Waals surface area (Å²) in [7, 11) is 0. The molecule has 1 rings (SSSR count). The molecule has 0 saturated heterocycles. The van der Waals surface area contributed by atoms with E-state index in [2.05, 4.69) is 20.4 Å². The van der Waals surface area contributed by atoms with Gasteiger partial charge in [0.15, 0.2) is 0 Å². The van der Waals surface area contributed by atoms with Crippen LogP contribution in [0.1, 0.15) is 24.4 Å². The molecular formula is C10H17N5O. The highest BCUT2D eigenvalue weighted by atomic mass is 16.4. The summed E-state index contributed by atoms with van der Waals surface area (Å²) in [5.41, 5.74) is 6.31. The van der Waals surface area contributed by atoms with E-state index in [0.717, 1.165) is 24.5 Å². The molecule has 0 radical (unpaired) electrons. The van der Waals surface area contributed by atoms with Crippen molar-refractivity contribution in [3.8, 4) is 0 Å². The summed E-state index contributed by atoms with van der Waals surface area (Å²) in [5.74, 6) is 1.04. The Hall–Kier alpha value is -1.69. The van der Waals surface area contributed by atoms with Gasteiger partial charge >= 0.3 is 0 Å². The second-order valence-electron chi connectivity index (χ2n) is 3.47. The van der Waals surface area contributed by atoms with Crippen molar-refractivity contribution in [2.24, 2.45) is 10.9 Å². The molecule has 1 aromatic rings. The van der Waals surface area contributed by atoms with E-state index >= 15 is 0 Å². The number of nitrogens with zero attached hydrogens (tertiary/aromatic N) is 3. The maximum absolute atomic E-state index is 8.33. The number of oxime groups is 1. The molecule has 0 aromatic carbocycles. The quantitative estimate of drug-likeness (QED) is 0.213. The molecule has 4 N–H and O–H groups in total. The lowest BCUT2D eigenvalue weighted by Gasteiger charge is -2.04. The molecule has 0 saturated carbocycles. The van der Waals surface area contributed by atoms with Crippen LogP contribution in [-0.2, 0) is 6.54 Å². The van der Waals surface area contributed by atoms with Crippen molar-refractivity contribution >= 4 is 5.84 Å². The predicted molar refractivity (Wildman–Crippen MR) is 61.1 cm³/mol. The lowest BCUT2D eigenvalue weighted by molar-refractivity contribution is 0.316. The molecule has 0 bridgehead atoms. The molecule has 6 nitrogen and oxygen atoms in total. The highest BCUT2D eigenvalue weighted by Gasteiger charge is 1.96. The van der Waals surface area contributed by atoms with Crippen LogP contribution < -0.4 is 11.1 Å². The van der Waals surface area contributed by atoms with Crippen LogP contribution >= 0.6 is 0 Å². The third-order valence-corrected chi connectivity index (χ3v) is 2.05. The summed E-state index contributed by atoms with van der Waals surface area (Å²) >= 11 is 0. The third-order valence-electron chi connectivity index (χ3n) is 2.05. The van der Waals surface area contributed by atoms with Crippen molar-refractivity contribution in [2.75, 3.05) is 6.54 Å². The number of aromatic nitrogens is 2. The number of aryl methyl sites for hydroxylation is 1. The number of nitrogens with one attached hydrogen (secondary N) is 1. The number of hydrogen-bond donors (Lipinski definition) is 3. The first-order valence-electron chi connectivity index (χ1n) is 5.18. The van der Waals surface area contributed by atoms with Gasteiger partial charge in [0.2, 0.25) is 0 Å². The fourth-order valence-corrected chi connectivity index (χ4v) is 1.26. The van der Waals surface area contributed by atoms with Gasteiger partial charge in [-0.3, -0.25) is 0 Å². The third kappa shape index (κ3) is 4.70. The van der Waals surface area contributed by atoms with Crippen LogP contribution in [0.15, 0.2) is 17.4 Å². The predicted octanol–water partition coefficient (Wildman–Crippen LogP) is 0.401. The second-order valence-corrected chi connectivity index (χ2v) is 3.47. The number of rotatable bonds is 6. The van der Waals surface area contributed by atoms with Crippen molar-refractivity contribution < 1.29 is 5.21 Å². The molecule has 0 amide bonds. The van der Waals surface area contributed by atoms with Crippen molar-refractivity contribution in [1.82, 2.24) is 15.3 Å². The minimum Gasteiger partial charge on any atom is -0.409 e. The van der Waals surface area contributed by atoms with Crippen molar-refractivity contribution in [3.63, 3.8) is 0 Å². The Kier molecular flexibility index (Phi) is 5.21. The Balaban J connectivity index is 2.16. The number of hydrogen-bond acceptors (Lipinski definition) is 5. The molecule has 0 spiro atoms. The minimum atomic E-state index is 0.264. The molecule has 6 heteroatoms. The standard InChI is InChI=1S/C10H17N5O/c1-8-13-6-4-9(14-8)7-12-5-2-3-10(11)15-16/h4,6,12,16H,2-3,5,7H2,1H3,(H2,11,15). The maximum atomic E-state index is 8.33.